The van der Waals surface area contributed by atoms with Gasteiger partial charge in [0.1, 0.15) is 17.0 Å². The minimum atomic E-state index is -0.445. The van der Waals surface area contributed by atoms with E-state index in [0.29, 0.717) is 29.1 Å². The number of para-hydroxylation sites is 1. The molecule has 3 rings (SSSR count). The quantitative estimate of drug-likeness (QED) is 0.551. The standard InChI is InChI=1S/C19H16N2O4/c1-2-25-18-11-10-16(21(23)24)12-14(18)7-9-15-8-6-13-4-3-5-17(22)19(13)20-15/h3-12,22H,2H2,1H3. The van der Waals surface area contributed by atoms with Gasteiger partial charge in [-0.05, 0) is 37.3 Å². The van der Waals surface area contributed by atoms with E-state index >= 15 is 0 Å². The van der Waals surface area contributed by atoms with Crippen molar-refractivity contribution in [1.82, 2.24) is 4.98 Å². The van der Waals surface area contributed by atoms with E-state index in [1.165, 1.54) is 12.1 Å². The maximum atomic E-state index is 11.0. The first-order valence-corrected chi connectivity index (χ1v) is 7.76. The highest BCUT2D eigenvalue weighted by molar-refractivity contribution is 5.86. The molecule has 1 N–H and O–H groups in total. The van der Waals surface area contributed by atoms with Crippen LogP contribution in [0.1, 0.15) is 18.2 Å². The summed E-state index contributed by atoms with van der Waals surface area (Å²) in [5.74, 6) is 0.672. The Kier molecular flexibility index (Phi) is 4.61. The molecule has 2 aromatic carbocycles. The van der Waals surface area contributed by atoms with Gasteiger partial charge in [0.25, 0.3) is 5.69 Å². The molecule has 0 saturated heterocycles. The molecule has 0 spiro atoms. The number of hydrogen-bond acceptors (Lipinski definition) is 5. The average molecular weight is 336 g/mol. The first-order valence-electron chi connectivity index (χ1n) is 7.76. The minimum absolute atomic E-state index is 0.00721. The van der Waals surface area contributed by atoms with Gasteiger partial charge in [-0.25, -0.2) is 4.98 Å². The molecule has 0 aliphatic rings. The number of ether oxygens (including phenoxy) is 1. The Morgan fingerprint density at radius 3 is 2.80 bits per heavy atom. The smallest absolute Gasteiger partial charge is 0.270 e. The second kappa shape index (κ2) is 7.00. The summed E-state index contributed by atoms with van der Waals surface area (Å²) in [6.07, 6.45) is 3.44. The van der Waals surface area contributed by atoms with Crippen LogP contribution < -0.4 is 4.74 Å². The molecular formula is C19H16N2O4. The van der Waals surface area contributed by atoms with Crippen LogP contribution in [0.25, 0.3) is 23.1 Å². The van der Waals surface area contributed by atoms with Gasteiger partial charge < -0.3 is 9.84 Å². The van der Waals surface area contributed by atoms with Gasteiger partial charge in [0.05, 0.1) is 17.2 Å². The molecule has 1 heterocycles. The number of non-ortho nitro benzene ring substituents is 1. The number of aromatic hydroxyl groups is 1. The zero-order valence-electron chi connectivity index (χ0n) is 13.5. The number of fused-ring (bicyclic) bond motifs is 1. The van der Waals surface area contributed by atoms with E-state index in [1.807, 2.05) is 25.1 Å². The van der Waals surface area contributed by atoms with Crippen molar-refractivity contribution in [1.29, 1.82) is 0 Å². The van der Waals surface area contributed by atoms with E-state index < -0.39 is 4.92 Å². The highest BCUT2D eigenvalue weighted by Crippen LogP contribution is 2.27. The zero-order valence-corrected chi connectivity index (χ0v) is 13.5. The van der Waals surface area contributed by atoms with E-state index in [2.05, 4.69) is 4.98 Å². The number of nitro benzene ring substituents is 1. The molecule has 126 valence electrons. The number of benzene rings is 2. The topological polar surface area (TPSA) is 85.5 Å². The maximum Gasteiger partial charge on any atom is 0.270 e. The van der Waals surface area contributed by atoms with Crippen molar-refractivity contribution < 1.29 is 14.8 Å². The molecule has 6 nitrogen and oxygen atoms in total. The molecule has 0 fully saturated rings. The molecule has 0 aliphatic heterocycles. The van der Waals surface area contributed by atoms with Gasteiger partial charge in [-0.1, -0.05) is 18.2 Å². The predicted molar refractivity (Wildman–Crippen MR) is 96.6 cm³/mol. The van der Waals surface area contributed by atoms with Crippen LogP contribution >= 0.6 is 0 Å². The largest absolute Gasteiger partial charge is 0.506 e. The number of rotatable bonds is 5. The van der Waals surface area contributed by atoms with Gasteiger partial charge >= 0.3 is 0 Å². The van der Waals surface area contributed by atoms with Crippen LogP contribution in [-0.4, -0.2) is 21.6 Å². The van der Waals surface area contributed by atoms with Crippen molar-refractivity contribution >= 4 is 28.7 Å². The summed E-state index contributed by atoms with van der Waals surface area (Å²) >= 11 is 0. The van der Waals surface area contributed by atoms with Gasteiger partial charge in [0.2, 0.25) is 0 Å². The normalized spacial score (nSPS) is 11.1. The van der Waals surface area contributed by atoms with Gasteiger partial charge in [0, 0.05) is 23.1 Å². The number of phenolic OH excluding ortho intramolecular Hbond substituents is 1. The molecule has 1 aromatic heterocycles. The van der Waals surface area contributed by atoms with Crippen molar-refractivity contribution in [2.24, 2.45) is 0 Å². The lowest BCUT2D eigenvalue weighted by Gasteiger charge is -2.07. The summed E-state index contributed by atoms with van der Waals surface area (Å²) in [4.78, 5) is 14.9. The maximum absolute atomic E-state index is 11.0. The zero-order chi connectivity index (χ0) is 17.8. The van der Waals surface area contributed by atoms with Crippen LogP contribution in [0, 0.1) is 10.1 Å². The summed E-state index contributed by atoms with van der Waals surface area (Å²) < 4.78 is 5.52. The van der Waals surface area contributed by atoms with Crippen LogP contribution in [0.5, 0.6) is 11.5 Å². The minimum Gasteiger partial charge on any atom is -0.506 e. The summed E-state index contributed by atoms with van der Waals surface area (Å²) in [5.41, 5.74) is 1.72. The molecule has 0 bridgehead atoms. The van der Waals surface area contributed by atoms with Crippen LogP contribution in [0.3, 0.4) is 0 Å². The first-order chi connectivity index (χ1) is 12.1. The highest BCUT2D eigenvalue weighted by atomic mass is 16.6. The third kappa shape index (κ3) is 3.58. The Morgan fingerprint density at radius 2 is 2.04 bits per heavy atom. The van der Waals surface area contributed by atoms with Crippen LogP contribution in [0.2, 0.25) is 0 Å². The van der Waals surface area contributed by atoms with Gasteiger partial charge in [0.15, 0.2) is 0 Å². The molecule has 0 radical (unpaired) electrons. The van der Waals surface area contributed by atoms with E-state index in [1.54, 1.807) is 30.4 Å². The Hall–Kier alpha value is -3.41. The average Bonchev–Trinajstić information content (AvgIpc) is 2.61. The summed E-state index contributed by atoms with van der Waals surface area (Å²) in [5, 5.41) is 21.7. The fraction of sp³-hybridized carbons (Fsp3) is 0.105. The highest BCUT2D eigenvalue weighted by Gasteiger charge is 2.10. The molecule has 0 unspecified atom stereocenters. The molecule has 6 heteroatoms. The van der Waals surface area contributed by atoms with Gasteiger partial charge in [-0.3, -0.25) is 10.1 Å². The van der Waals surface area contributed by atoms with Gasteiger partial charge in [-0.15, -0.1) is 0 Å². The fourth-order valence-electron chi connectivity index (χ4n) is 2.48. The number of pyridine rings is 1. The Bertz CT molecular complexity index is 967. The van der Waals surface area contributed by atoms with Crippen molar-refractivity contribution in [3.05, 3.63) is 69.9 Å². The Balaban J connectivity index is 1.99. The Labute approximate surface area is 144 Å². The Morgan fingerprint density at radius 1 is 1.20 bits per heavy atom. The summed E-state index contributed by atoms with van der Waals surface area (Å²) in [6, 6.07) is 13.3. The van der Waals surface area contributed by atoms with E-state index in [0.717, 1.165) is 5.39 Å². The number of aromatic nitrogens is 1. The third-order valence-corrected chi connectivity index (χ3v) is 3.66. The summed E-state index contributed by atoms with van der Waals surface area (Å²) in [6.45, 7) is 2.31. The van der Waals surface area contributed by atoms with Crippen LogP contribution in [0.4, 0.5) is 5.69 Å². The van der Waals surface area contributed by atoms with Crippen molar-refractivity contribution in [3.8, 4) is 11.5 Å². The second-order valence-electron chi connectivity index (χ2n) is 5.33. The number of nitro groups is 1. The second-order valence-corrected chi connectivity index (χ2v) is 5.33. The van der Waals surface area contributed by atoms with E-state index in [9.17, 15) is 15.2 Å². The number of phenols is 1. The van der Waals surface area contributed by atoms with E-state index in [-0.39, 0.29) is 11.4 Å². The first kappa shape index (κ1) is 16.4. The summed E-state index contributed by atoms with van der Waals surface area (Å²) in [7, 11) is 0. The molecule has 0 saturated carbocycles. The van der Waals surface area contributed by atoms with E-state index in [4.69, 9.17) is 4.74 Å². The molecule has 0 amide bonds. The molecular weight excluding hydrogens is 320 g/mol. The fourth-order valence-corrected chi connectivity index (χ4v) is 2.48. The van der Waals surface area contributed by atoms with Crippen molar-refractivity contribution in [3.63, 3.8) is 0 Å². The third-order valence-electron chi connectivity index (χ3n) is 3.66. The predicted octanol–water partition coefficient (Wildman–Crippen LogP) is 4.42. The van der Waals surface area contributed by atoms with Crippen molar-refractivity contribution in [2.75, 3.05) is 6.61 Å². The molecule has 3 aromatic rings. The van der Waals surface area contributed by atoms with Crippen molar-refractivity contribution in [2.45, 2.75) is 6.92 Å². The van der Waals surface area contributed by atoms with Crippen LogP contribution in [0.15, 0.2) is 48.5 Å². The molecule has 0 atom stereocenters. The number of hydrogen-bond donors (Lipinski definition) is 1. The van der Waals surface area contributed by atoms with Crippen LogP contribution in [-0.2, 0) is 0 Å². The lowest BCUT2D eigenvalue weighted by Crippen LogP contribution is -1.95. The number of nitrogens with zero attached hydrogens (tertiary/aromatic N) is 2. The SMILES string of the molecule is CCOc1ccc([N+](=O)[O-])cc1C=Cc1ccc2cccc(O)c2n1. The molecule has 25 heavy (non-hydrogen) atoms. The molecule has 0 aliphatic carbocycles. The lowest BCUT2D eigenvalue weighted by molar-refractivity contribution is -0.384. The van der Waals surface area contributed by atoms with Gasteiger partial charge in [-0.2, -0.15) is 0 Å². The monoisotopic (exact) mass is 336 g/mol. The lowest BCUT2D eigenvalue weighted by atomic mass is 10.1.